The predicted molar refractivity (Wildman–Crippen MR) is 74.4 cm³/mol. The van der Waals surface area contributed by atoms with Gasteiger partial charge in [0.05, 0.1) is 6.61 Å². The van der Waals surface area contributed by atoms with Crippen molar-refractivity contribution in [2.24, 2.45) is 0 Å². The normalized spacial score (nSPS) is 13.2. The van der Waals surface area contributed by atoms with Crippen molar-refractivity contribution in [3.05, 3.63) is 22.9 Å². The summed E-state index contributed by atoms with van der Waals surface area (Å²) < 4.78 is 10.9. The number of aromatic nitrogens is 1. The van der Waals surface area contributed by atoms with Crippen molar-refractivity contribution in [1.29, 1.82) is 0 Å². The fraction of sp³-hybridized carbons (Fsp3) is 0.600. The van der Waals surface area contributed by atoms with E-state index in [1.807, 2.05) is 0 Å². The second-order valence-corrected chi connectivity index (χ2v) is 4.92. The first-order chi connectivity index (χ1) is 9.72. The summed E-state index contributed by atoms with van der Waals surface area (Å²) in [4.78, 5) is 15.6. The molecular weight excluding hydrogens is 258 g/mol. The molecule has 1 aromatic rings. The molecule has 1 heterocycles. The van der Waals surface area contributed by atoms with Crippen LogP contribution in [0.25, 0.3) is 0 Å². The second kappa shape index (κ2) is 7.24. The Bertz CT molecular complexity index is 473. The van der Waals surface area contributed by atoms with E-state index in [1.54, 1.807) is 6.07 Å². The maximum absolute atomic E-state index is 11.2. The van der Waals surface area contributed by atoms with Gasteiger partial charge >= 0.3 is 5.97 Å². The minimum absolute atomic E-state index is 0.152. The molecular formula is C15H21NO4. The smallest absolute Gasteiger partial charge is 0.341 e. The summed E-state index contributed by atoms with van der Waals surface area (Å²) in [6.07, 6.45) is 4.96. The molecule has 0 saturated carbocycles. The molecule has 0 radical (unpaired) electrons. The highest BCUT2D eigenvalue weighted by Crippen LogP contribution is 2.26. The van der Waals surface area contributed by atoms with E-state index < -0.39 is 5.97 Å². The summed E-state index contributed by atoms with van der Waals surface area (Å²) >= 11 is 0. The highest BCUT2D eigenvalue weighted by molar-refractivity contribution is 5.90. The first-order valence-corrected chi connectivity index (χ1v) is 7.19. The van der Waals surface area contributed by atoms with E-state index in [1.165, 1.54) is 0 Å². The molecule has 0 saturated heterocycles. The number of rotatable bonds is 8. The number of aryl methyl sites for hydroxylation is 2. The molecule has 0 aliphatic heterocycles. The average molecular weight is 279 g/mol. The van der Waals surface area contributed by atoms with Crippen molar-refractivity contribution in [2.45, 2.75) is 39.0 Å². The Morgan fingerprint density at radius 2 is 2.20 bits per heavy atom. The quantitative estimate of drug-likeness (QED) is 0.740. The number of carboxylic acids is 1. The molecule has 1 N–H and O–H groups in total. The lowest BCUT2D eigenvalue weighted by Crippen LogP contribution is -2.12. The Labute approximate surface area is 118 Å². The number of carbonyl (C=O) groups is 1. The minimum atomic E-state index is -0.992. The van der Waals surface area contributed by atoms with Crippen molar-refractivity contribution >= 4 is 5.97 Å². The summed E-state index contributed by atoms with van der Waals surface area (Å²) in [5, 5.41) is 9.22. The molecule has 1 aliphatic rings. The number of ether oxygens (including phenoxy) is 2. The van der Waals surface area contributed by atoms with E-state index in [0.717, 1.165) is 43.4 Å². The Morgan fingerprint density at radius 3 is 2.95 bits per heavy atom. The molecule has 0 fully saturated rings. The van der Waals surface area contributed by atoms with Crippen LogP contribution < -0.4 is 4.74 Å². The lowest BCUT2D eigenvalue weighted by Gasteiger charge is -2.10. The highest BCUT2D eigenvalue weighted by atomic mass is 16.5. The third-order valence-electron chi connectivity index (χ3n) is 3.35. The number of pyridine rings is 1. The minimum Gasteiger partial charge on any atom is -0.477 e. The molecule has 5 nitrogen and oxygen atoms in total. The van der Waals surface area contributed by atoms with Crippen LogP contribution >= 0.6 is 0 Å². The molecule has 0 atom stereocenters. The highest BCUT2D eigenvalue weighted by Gasteiger charge is 2.20. The Hall–Kier alpha value is -1.62. The van der Waals surface area contributed by atoms with Gasteiger partial charge in [0.25, 0.3) is 0 Å². The van der Waals surface area contributed by atoms with Gasteiger partial charge in [-0.15, -0.1) is 0 Å². The topological polar surface area (TPSA) is 68.7 Å². The van der Waals surface area contributed by atoms with Crippen LogP contribution in [0, 0.1) is 0 Å². The number of hydrogen-bond donors (Lipinski definition) is 1. The van der Waals surface area contributed by atoms with Crippen LogP contribution in [0.4, 0.5) is 0 Å². The average Bonchev–Trinajstić information content (AvgIpc) is 2.88. The fourth-order valence-corrected chi connectivity index (χ4v) is 2.26. The van der Waals surface area contributed by atoms with E-state index in [0.29, 0.717) is 19.8 Å². The molecule has 0 spiro atoms. The molecule has 0 aromatic carbocycles. The van der Waals surface area contributed by atoms with Gasteiger partial charge in [0.1, 0.15) is 12.2 Å². The number of hydrogen-bond acceptors (Lipinski definition) is 4. The number of nitrogens with zero attached hydrogens (tertiary/aromatic N) is 1. The molecule has 0 unspecified atom stereocenters. The Kier molecular flexibility index (Phi) is 5.35. The molecule has 0 bridgehead atoms. The predicted octanol–water partition coefficient (Wildman–Crippen LogP) is 2.46. The van der Waals surface area contributed by atoms with Gasteiger partial charge in [0, 0.05) is 12.3 Å². The van der Waals surface area contributed by atoms with Gasteiger partial charge < -0.3 is 14.6 Å². The zero-order valence-electron chi connectivity index (χ0n) is 11.9. The Balaban J connectivity index is 1.94. The first-order valence-electron chi connectivity index (χ1n) is 7.19. The van der Waals surface area contributed by atoms with Gasteiger partial charge in [-0.25, -0.2) is 9.78 Å². The second-order valence-electron chi connectivity index (χ2n) is 4.92. The number of aromatic carboxylic acids is 1. The lowest BCUT2D eigenvalue weighted by molar-refractivity contribution is 0.0682. The van der Waals surface area contributed by atoms with E-state index in [9.17, 15) is 9.90 Å². The van der Waals surface area contributed by atoms with Crippen molar-refractivity contribution in [2.75, 3.05) is 19.8 Å². The summed E-state index contributed by atoms with van der Waals surface area (Å²) in [6, 6.07) is 1.70. The van der Waals surface area contributed by atoms with E-state index >= 15 is 0 Å². The number of unbranched alkanes of at least 4 members (excludes halogenated alkanes) is 1. The maximum Gasteiger partial charge on any atom is 0.341 e. The van der Waals surface area contributed by atoms with Crippen LogP contribution in [0.2, 0.25) is 0 Å². The third-order valence-corrected chi connectivity index (χ3v) is 3.35. The van der Waals surface area contributed by atoms with Crippen LogP contribution in [0.5, 0.6) is 5.88 Å². The van der Waals surface area contributed by atoms with Crippen LogP contribution in [-0.4, -0.2) is 35.9 Å². The van der Waals surface area contributed by atoms with Crippen LogP contribution in [-0.2, 0) is 17.6 Å². The van der Waals surface area contributed by atoms with Gasteiger partial charge in [0.15, 0.2) is 0 Å². The van der Waals surface area contributed by atoms with Gasteiger partial charge in [0.2, 0.25) is 5.88 Å². The van der Waals surface area contributed by atoms with Crippen molar-refractivity contribution < 1.29 is 19.4 Å². The Morgan fingerprint density at radius 1 is 1.35 bits per heavy atom. The van der Waals surface area contributed by atoms with Gasteiger partial charge in [-0.05, 0) is 37.3 Å². The van der Waals surface area contributed by atoms with Gasteiger partial charge in [-0.3, -0.25) is 0 Å². The van der Waals surface area contributed by atoms with Gasteiger partial charge in [-0.1, -0.05) is 13.3 Å². The van der Waals surface area contributed by atoms with Gasteiger partial charge in [-0.2, -0.15) is 0 Å². The molecule has 110 valence electrons. The largest absolute Gasteiger partial charge is 0.477 e. The summed E-state index contributed by atoms with van der Waals surface area (Å²) in [6.45, 7) is 3.60. The maximum atomic E-state index is 11.2. The number of fused-ring (bicyclic) bond motifs is 1. The summed E-state index contributed by atoms with van der Waals surface area (Å²) in [7, 11) is 0. The monoisotopic (exact) mass is 279 g/mol. The molecule has 1 aromatic heterocycles. The SMILES string of the molecule is CCCCOCCOc1nc2c(cc1C(=O)O)CCC2. The lowest BCUT2D eigenvalue weighted by atomic mass is 10.1. The van der Waals surface area contributed by atoms with Crippen LogP contribution in [0.1, 0.15) is 47.8 Å². The van der Waals surface area contributed by atoms with Crippen LogP contribution in [0.3, 0.4) is 0 Å². The van der Waals surface area contributed by atoms with E-state index in [2.05, 4.69) is 11.9 Å². The molecule has 20 heavy (non-hydrogen) atoms. The van der Waals surface area contributed by atoms with Crippen molar-refractivity contribution in [3.8, 4) is 5.88 Å². The summed E-state index contributed by atoms with van der Waals surface area (Å²) in [5.41, 5.74) is 2.16. The molecule has 0 amide bonds. The van der Waals surface area contributed by atoms with Crippen LogP contribution in [0.15, 0.2) is 6.07 Å². The molecule has 5 heteroatoms. The first kappa shape index (κ1) is 14.8. The molecule has 2 rings (SSSR count). The fourth-order valence-electron chi connectivity index (χ4n) is 2.26. The van der Waals surface area contributed by atoms with Crippen molar-refractivity contribution in [1.82, 2.24) is 4.98 Å². The standard InChI is InChI=1S/C15H21NO4/c1-2-3-7-19-8-9-20-14-12(15(17)18)10-11-5-4-6-13(11)16-14/h10H,2-9H2,1H3,(H,17,18). The zero-order valence-corrected chi connectivity index (χ0v) is 11.9. The zero-order chi connectivity index (χ0) is 14.4. The number of carboxylic acid groups (broad SMARTS) is 1. The van der Waals surface area contributed by atoms with E-state index in [4.69, 9.17) is 9.47 Å². The molecule has 1 aliphatic carbocycles. The third kappa shape index (κ3) is 3.70. The van der Waals surface area contributed by atoms with Crippen molar-refractivity contribution in [3.63, 3.8) is 0 Å². The van der Waals surface area contributed by atoms with E-state index in [-0.39, 0.29) is 11.4 Å². The summed E-state index contributed by atoms with van der Waals surface area (Å²) in [5.74, 6) is -0.772.